The molecule has 0 fully saturated rings. The van der Waals surface area contributed by atoms with Crippen molar-refractivity contribution in [3.63, 3.8) is 0 Å². The molecule has 0 aliphatic rings. The summed E-state index contributed by atoms with van der Waals surface area (Å²) < 4.78 is 6.62. The molecular weight excluding hydrogens is 370 g/mol. The summed E-state index contributed by atoms with van der Waals surface area (Å²) in [6, 6.07) is 8.95. The first kappa shape index (κ1) is 20.5. The summed E-state index contributed by atoms with van der Waals surface area (Å²) in [5, 5.41) is 10.1. The van der Waals surface area contributed by atoms with Crippen LogP contribution in [-0.4, -0.2) is 40.1 Å². The molecule has 2 amide bonds. The standard InChI is InChI=1S/C21H25N5O3/c1-13-10-19-22-14(2)18(15(3)26(19)25-13)8-9-20(27)23-16-6-5-7-17(11-16)24-21(28)12-29-4/h5-7,10-11H,8-9,12H2,1-4H3,(H,23,27)(H,24,28). The number of benzene rings is 1. The van der Waals surface area contributed by atoms with Gasteiger partial charge in [-0.1, -0.05) is 6.07 Å². The lowest BCUT2D eigenvalue weighted by Gasteiger charge is -2.12. The lowest BCUT2D eigenvalue weighted by atomic mass is 10.1. The highest BCUT2D eigenvalue weighted by molar-refractivity contribution is 5.94. The van der Waals surface area contributed by atoms with E-state index < -0.39 is 0 Å². The van der Waals surface area contributed by atoms with Crippen molar-refractivity contribution in [2.75, 3.05) is 24.4 Å². The summed E-state index contributed by atoms with van der Waals surface area (Å²) >= 11 is 0. The first-order valence-electron chi connectivity index (χ1n) is 9.38. The number of hydrogen-bond donors (Lipinski definition) is 2. The minimum Gasteiger partial charge on any atom is -0.375 e. The molecule has 1 aromatic carbocycles. The topological polar surface area (TPSA) is 97.6 Å². The zero-order valence-corrected chi connectivity index (χ0v) is 17.1. The number of aromatic nitrogens is 3. The van der Waals surface area contributed by atoms with Crippen molar-refractivity contribution in [1.82, 2.24) is 14.6 Å². The van der Waals surface area contributed by atoms with Crippen LogP contribution in [-0.2, 0) is 20.7 Å². The van der Waals surface area contributed by atoms with Gasteiger partial charge in [-0.3, -0.25) is 9.59 Å². The van der Waals surface area contributed by atoms with Gasteiger partial charge in [0.15, 0.2) is 5.65 Å². The Balaban J connectivity index is 1.65. The summed E-state index contributed by atoms with van der Waals surface area (Å²) in [7, 11) is 1.46. The Morgan fingerprint density at radius 3 is 2.45 bits per heavy atom. The maximum Gasteiger partial charge on any atom is 0.250 e. The molecule has 3 rings (SSSR count). The van der Waals surface area contributed by atoms with Gasteiger partial charge in [0.2, 0.25) is 11.8 Å². The second-order valence-electron chi connectivity index (χ2n) is 6.93. The lowest BCUT2D eigenvalue weighted by Crippen LogP contribution is -2.17. The van der Waals surface area contributed by atoms with Crippen molar-refractivity contribution >= 4 is 28.8 Å². The smallest absolute Gasteiger partial charge is 0.250 e. The average Bonchev–Trinajstić information content (AvgIpc) is 3.02. The largest absolute Gasteiger partial charge is 0.375 e. The Hall–Kier alpha value is -3.26. The first-order chi connectivity index (χ1) is 13.9. The predicted octanol–water partition coefficient (Wildman–Crippen LogP) is 2.81. The fourth-order valence-corrected chi connectivity index (χ4v) is 3.27. The number of rotatable bonds is 7. The molecule has 2 heterocycles. The number of nitrogens with zero attached hydrogens (tertiary/aromatic N) is 3. The van der Waals surface area contributed by atoms with E-state index in [0.717, 1.165) is 28.3 Å². The van der Waals surface area contributed by atoms with E-state index >= 15 is 0 Å². The number of nitrogens with one attached hydrogen (secondary N) is 2. The normalized spacial score (nSPS) is 10.9. The highest BCUT2D eigenvalue weighted by Gasteiger charge is 2.13. The number of carbonyl (C=O) groups excluding carboxylic acids is 2. The minimum absolute atomic E-state index is 0.0244. The van der Waals surface area contributed by atoms with Gasteiger partial charge in [0, 0.05) is 42.4 Å². The number of ether oxygens (including phenoxy) is 1. The molecule has 0 saturated heterocycles. The third-order valence-corrected chi connectivity index (χ3v) is 4.59. The number of amides is 2. The Morgan fingerprint density at radius 2 is 1.76 bits per heavy atom. The molecule has 0 aliphatic heterocycles. The SMILES string of the molecule is COCC(=O)Nc1cccc(NC(=O)CCc2c(C)nc3cc(C)nn3c2C)c1. The molecule has 29 heavy (non-hydrogen) atoms. The number of anilines is 2. The Labute approximate surface area is 169 Å². The molecule has 152 valence electrons. The second-order valence-corrected chi connectivity index (χ2v) is 6.93. The maximum atomic E-state index is 12.5. The summed E-state index contributed by atoms with van der Waals surface area (Å²) in [5.41, 5.74) is 5.87. The highest BCUT2D eigenvalue weighted by Crippen LogP contribution is 2.19. The van der Waals surface area contributed by atoms with Crippen LogP contribution in [0.15, 0.2) is 30.3 Å². The van der Waals surface area contributed by atoms with Gasteiger partial charge in [-0.15, -0.1) is 0 Å². The van der Waals surface area contributed by atoms with Gasteiger partial charge in [0.1, 0.15) is 6.61 Å². The van der Waals surface area contributed by atoms with Crippen molar-refractivity contribution in [3.05, 3.63) is 53.0 Å². The zero-order valence-electron chi connectivity index (χ0n) is 17.1. The lowest BCUT2D eigenvalue weighted by molar-refractivity contribution is -0.119. The molecule has 0 radical (unpaired) electrons. The number of hydrogen-bond acceptors (Lipinski definition) is 5. The molecule has 0 bridgehead atoms. The fraction of sp³-hybridized carbons (Fsp3) is 0.333. The number of carbonyl (C=O) groups is 2. The van der Waals surface area contributed by atoms with Crippen LogP contribution in [0.4, 0.5) is 11.4 Å². The van der Waals surface area contributed by atoms with Gasteiger partial charge in [0.25, 0.3) is 0 Å². The zero-order chi connectivity index (χ0) is 21.0. The van der Waals surface area contributed by atoms with Crippen LogP contribution in [0.1, 0.15) is 29.1 Å². The van der Waals surface area contributed by atoms with E-state index in [4.69, 9.17) is 4.74 Å². The summed E-state index contributed by atoms with van der Waals surface area (Å²) in [4.78, 5) is 28.7. The number of methoxy groups -OCH3 is 1. The van der Waals surface area contributed by atoms with Crippen molar-refractivity contribution in [2.24, 2.45) is 0 Å². The van der Waals surface area contributed by atoms with E-state index in [9.17, 15) is 9.59 Å². The minimum atomic E-state index is -0.251. The van der Waals surface area contributed by atoms with Crippen LogP contribution < -0.4 is 10.6 Å². The maximum absolute atomic E-state index is 12.5. The highest BCUT2D eigenvalue weighted by atomic mass is 16.5. The van der Waals surface area contributed by atoms with Gasteiger partial charge in [-0.2, -0.15) is 5.10 Å². The van der Waals surface area contributed by atoms with Crippen LogP contribution in [0, 0.1) is 20.8 Å². The average molecular weight is 395 g/mol. The van der Waals surface area contributed by atoms with E-state index in [-0.39, 0.29) is 18.4 Å². The molecule has 3 aromatic rings. The van der Waals surface area contributed by atoms with Crippen molar-refractivity contribution < 1.29 is 14.3 Å². The van der Waals surface area contributed by atoms with Crippen LogP contribution in [0.25, 0.3) is 5.65 Å². The van der Waals surface area contributed by atoms with Crippen molar-refractivity contribution in [2.45, 2.75) is 33.6 Å². The van der Waals surface area contributed by atoms with E-state index in [2.05, 4.69) is 20.7 Å². The van der Waals surface area contributed by atoms with Gasteiger partial charge < -0.3 is 15.4 Å². The van der Waals surface area contributed by atoms with Crippen molar-refractivity contribution in [1.29, 1.82) is 0 Å². The molecule has 0 aliphatic carbocycles. The van der Waals surface area contributed by atoms with Crippen LogP contribution in [0.2, 0.25) is 0 Å². The Morgan fingerprint density at radius 1 is 1.07 bits per heavy atom. The predicted molar refractivity (Wildman–Crippen MR) is 111 cm³/mol. The summed E-state index contributed by atoms with van der Waals surface area (Å²) in [5.74, 6) is -0.361. The molecule has 0 unspecified atom stereocenters. The fourth-order valence-electron chi connectivity index (χ4n) is 3.27. The van der Waals surface area contributed by atoms with E-state index in [1.165, 1.54) is 7.11 Å². The third-order valence-electron chi connectivity index (χ3n) is 4.59. The monoisotopic (exact) mass is 395 g/mol. The first-order valence-corrected chi connectivity index (χ1v) is 9.38. The third kappa shape index (κ3) is 4.97. The molecule has 2 N–H and O–H groups in total. The molecule has 0 atom stereocenters. The van der Waals surface area contributed by atoms with Gasteiger partial charge >= 0.3 is 0 Å². The van der Waals surface area contributed by atoms with Crippen LogP contribution in [0.3, 0.4) is 0 Å². The molecule has 0 saturated carbocycles. The molecule has 2 aromatic heterocycles. The summed E-state index contributed by atoms with van der Waals surface area (Å²) in [6.07, 6.45) is 0.880. The Kier molecular flexibility index (Phi) is 6.23. The number of aryl methyl sites for hydroxylation is 3. The van der Waals surface area contributed by atoms with Gasteiger partial charge in [-0.05, 0) is 51.0 Å². The molecule has 8 heteroatoms. The van der Waals surface area contributed by atoms with E-state index in [0.29, 0.717) is 24.2 Å². The Bertz CT molecular complexity index is 1060. The van der Waals surface area contributed by atoms with E-state index in [1.807, 2.05) is 31.4 Å². The second kappa shape index (κ2) is 8.83. The number of fused-ring (bicyclic) bond motifs is 1. The van der Waals surface area contributed by atoms with E-state index in [1.54, 1.807) is 24.3 Å². The summed E-state index contributed by atoms with van der Waals surface area (Å²) in [6.45, 7) is 5.86. The van der Waals surface area contributed by atoms with Crippen LogP contribution >= 0.6 is 0 Å². The molecule has 8 nitrogen and oxygen atoms in total. The quantitative estimate of drug-likeness (QED) is 0.641. The van der Waals surface area contributed by atoms with Gasteiger partial charge in [-0.25, -0.2) is 9.50 Å². The van der Waals surface area contributed by atoms with Gasteiger partial charge in [0.05, 0.1) is 5.69 Å². The molecular formula is C21H25N5O3. The van der Waals surface area contributed by atoms with Crippen LogP contribution in [0.5, 0.6) is 0 Å². The van der Waals surface area contributed by atoms with Crippen molar-refractivity contribution in [3.8, 4) is 0 Å². The molecule has 0 spiro atoms.